The van der Waals surface area contributed by atoms with Crippen LogP contribution in [0, 0.1) is 19.8 Å². The maximum absolute atomic E-state index is 6.38. The first-order valence-corrected chi connectivity index (χ1v) is 7.57. The predicted octanol–water partition coefficient (Wildman–Crippen LogP) is 3.43. The van der Waals surface area contributed by atoms with Gasteiger partial charge in [-0.1, -0.05) is 36.6 Å². The molecule has 0 saturated heterocycles. The van der Waals surface area contributed by atoms with E-state index in [1.165, 1.54) is 48.9 Å². The smallest absolute Gasteiger partial charge is 0.0426 e. The summed E-state index contributed by atoms with van der Waals surface area (Å²) in [6.45, 7) is 6.46. The highest BCUT2D eigenvalue weighted by atomic mass is 15.1. The van der Waals surface area contributed by atoms with Crippen molar-refractivity contribution in [3.05, 3.63) is 34.9 Å². The van der Waals surface area contributed by atoms with Crippen molar-refractivity contribution in [1.29, 1.82) is 0 Å². The highest BCUT2D eigenvalue weighted by Crippen LogP contribution is 2.26. The molecular weight excluding hydrogens is 232 g/mol. The van der Waals surface area contributed by atoms with E-state index in [0.717, 1.165) is 12.5 Å². The largest absolute Gasteiger partial charge is 0.323 e. The van der Waals surface area contributed by atoms with Crippen LogP contribution in [0.4, 0.5) is 0 Å². The van der Waals surface area contributed by atoms with Gasteiger partial charge in [0.2, 0.25) is 0 Å². The van der Waals surface area contributed by atoms with E-state index in [1.54, 1.807) is 0 Å². The topological polar surface area (TPSA) is 29.3 Å². The number of rotatable bonds is 5. The van der Waals surface area contributed by atoms with Gasteiger partial charge >= 0.3 is 0 Å². The van der Waals surface area contributed by atoms with Crippen molar-refractivity contribution in [3.63, 3.8) is 0 Å². The molecule has 1 aromatic rings. The van der Waals surface area contributed by atoms with Crippen molar-refractivity contribution in [2.24, 2.45) is 11.7 Å². The molecule has 0 amide bonds. The third kappa shape index (κ3) is 4.05. The fourth-order valence-corrected chi connectivity index (χ4v) is 3.38. The molecule has 0 aliphatic heterocycles. The molecule has 1 saturated carbocycles. The van der Waals surface area contributed by atoms with Gasteiger partial charge in [0, 0.05) is 19.1 Å². The molecule has 0 spiro atoms. The lowest BCUT2D eigenvalue weighted by Gasteiger charge is -2.25. The molecule has 0 aromatic heterocycles. The predicted molar refractivity (Wildman–Crippen MR) is 82.3 cm³/mol. The van der Waals surface area contributed by atoms with Crippen LogP contribution in [-0.2, 0) is 0 Å². The van der Waals surface area contributed by atoms with Crippen LogP contribution in [-0.4, -0.2) is 25.0 Å². The molecule has 2 N–H and O–H groups in total. The summed E-state index contributed by atoms with van der Waals surface area (Å²) in [5.41, 5.74) is 10.3. The molecule has 1 atom stereocenters. The van der Waals surface area contributed by atoms with Crippen molar-refractivity contribution in [2.75, 3.05) is 20.1 Å². The van der Waals surface area contributed by atoms with Crippen molar-refractivity contribution >= 4 is 0 Å². The molecular formula is C17H28N2. The van der Waals surface area contributed by atoms with Crippen LogP contribution in [0.1, 0.15) is 48.4 Å². The normalized spacial score (nSPS) is 18.2. The zero-order valence-corrected chi connectivity index (χ0v) is 12.7. The molecule has 2 rings (SSSR count). The molecule has 1 unspecified atom stereocenters. The second kappa shape index (κ2) is 6.53. The number of nitrogens with two attached hydrogens (primary N) is 1. The third-order valence-electron chi connectivity index (χ3n) is 4.38. The van der Waals surface area contributed by atoms with Crippen LogP contribution >= 0.6 is 0 Å². The Balaban J connectivity index is 1.90. The van der Waals surface area contributed by atoms with Gasteiger partial charge in [-0.05, 0) is 50.8 Å². The maximum atomic E-state index is 6.38. The Bertz CT molecular complexity index is 408. The summed E-state index contributed by atoms with van der Waals surface area (Å²) in [6, 6.07) is 6.72. The van der Waals surface area contributed by atoms with Crippen LogP contribution in [0.15, 0.2) is 18.2 Å². The van der Waals surface area contributed by atoms with Crippen molar-refractivity contribution in [1.82, 2.24) is 4.90 Å². The average Bonchev–Trinajstić information content (AvgIpc) is 2.81. The average molecular weight is 260 g/mol. The number of likely N-dealkylation sites (N-methyl/N-ethyl adjacent to an activating group) is 1. The summed E-state index contributed by atoms with van der Waals surface area (Å²) in [4.78, 5) is 2.42. The highest BCUT2D eigenvalue weighted by Gasteiger charge is 2.18. The number of aryl methyl sites for hydroxylation is 2. The molecule has 0 bridgehead atoms. The highest BCUT2D eigenvalue weighted by molar-refractivity contribution is 5.32. The van der Waals surface area contributed by atoms with Crippen LogP contribution in [0.2, 0.25) is 0 Å². The van der Waals surface area contributed by atoms with Crippen molar-refractivity contribution < 1.29 is 0 Å². The molecule has 1 fully saturated rings. The summed E-state index contributed by atoms with van der Waals surface area (Å²) in [6.07, 6.45) is 5.65. The van der Waals surface area contributed by atoms with Gasteiger partial charge in [-0.25, -0.2) is 0 Å². The summed E-state index contributed by atoms with van der Waals surface area (Å²) in [5.74, 6) is 0.899. The van der Waals surface area contributed by atoms with Crippen LogP contribution in [0.25, 0.3) is 0 Å². The van der Waals surface area contributed by atoms with E-state index in [1.807, 2.05) is 0 Å². The van der Waals surface area contributed by atoms with Crippen molar-refractivity contribution in [3.8, 4) is 0 Å². The van der Waals surface area contributed by atoms with E-state index >= 15 is 0 Å². The molecule has 1 aliphatic rings. The molecule has 1 aliphatic carbocycles. The summed E-state index contributed by atoms with van der Waals surface area (Å²) in [7, 11) is 2.21. The molecule has 106 valence electrons. The molecule has 2 heteroatoms. The van der Waals surface area contributed by atoms with Gasteiger partial charge in [0.1, 0.15) is 0 Å². The Morgan fingerprint density at radius 2 is 1.95 bits per heavy atom. The van der Waals surface area contributed by atoms with Crippen molar-refractivity contribution in [2.45, 2.75) is 45.6 Å². The van der Waals surface area contributed by atoms with Gasteiger partial charge in [-0.3, -0.25) is 0 Å². The zero-order chi connectivity index (χ0) is 13.8. The van der Waals surface area contributed by atoms with E-state index in [2.05, 4.69) is 44.0 Å². The van der Waals surface area contributed by atoms with Crippen LogP contribution in [0.5, 0.6) is 0 Å². The van der Waals surface area contributed by atoms with Gasteiger partial charge < -0.3 is 10.6 Å². The van der Waals surface area contributed by atoms with Crippen LogP contribution in [0.3, 0.4) is 0 Å². The zero-order valence-electron chi connectivity index (χ0n) is 12.7. The lowest BCUT2D eigenvalue weighted by Crippen LogP contribution is -2.32. The Morgan fingerprint density at radius 3 is 2.58 bits per heavy atom. The SMILES string of the molecule is Cc1ccc(C(N)CN(C)CC2CCCC2)c(C)c1. The fourth-order valence-electron chi connectivity index (χ4n) is 3.38. The summed E-state index contributed by atoms with van der Waals surface area (Å²) >= 11 is 0. The molecule has 1 aromatic carbocycles. The maximum Gasteiger partial charge on any atom is 0.0426 e. The molecule has 2 nitrogen and oxygen atoms in total. The number of nitrogens with zero attached hydrogens (tertiary/aromatic N) is 1. The molecule has 0 radical (unpaired) electrons. The van der Waals surface area contributed by atoms with Gasteiger partial charge in [-0.15, -0.1) is 0 Å². The summed E-state index contributed by atoms with van der Waals surface area (Å²) in [5, 5.41) is 0. The second-order valence-electron chi connectivity index (χ2n) is 6.34. The summed E-state index contributed by atoms with van der Waals surface area (Å²) < 4.78 is 0. The first-order chi connectivity index (χ1) is 9.06. The van der Waals surface area contributed by atoms with E-state index in [4.69, 9.17) is 5.73 Å². The van der Waals surface area contributed by atoms with Gasteiger partial charge in [0.15, 0.2) is 0 Å². The molecule has 19 heavy (non-hydrogen) atoms. The minimum absolute atomic E-state index is 0.131. The number of hydrogen-bond donors (Lipinski definition) is 1. The second-order valence-corrected chi connectivity index (χ2v) is 6.34. The first-order valence-electron chi connectivity index (χ1n) is 7.57. The third-order valence-corrected chi connectivity index (χ3v) is 4.38. The van der Waals surface area contributed by atoms with Gasteiger partial charge in [0.25, 0.3) is 0 Å². The number of benzene rings is 1. The lowest BCUT2D eigenvalue weighted by atomic mass is 9.99. The Hall–Kier alpha value is -0.860. The molecule has 0 heterocycles. The number of hydrogen-bond acceptors (Lipinski definition) is 2. The standard InChI is InChI=1S/C17H28N2/c1-13-8-9-16(14(2)10-13)17(18)12-19(3)11-15-6-4-5-7-15/h8-10,15,17H,4-7,11-12,18H2,1-3H3. The van der Waals surface area contributed by atoms with Gasteiger partial charge in [-0.2, -0.15) is 0 Å². The Morgan fingerprint density at radius 1 is 1.26 bits per heavy atom. The van der Waals surface area contributed by atoms with E-state index < -0.39 is 0 Å². The minimum Gasteiger partial charge on any atom is -0.323 e. The van der Waals surface area contributed by atoms with E-state index in [9.17, 15) is 0 Å². The lowest BCUT2D eigenvalue weighted by molar-refractivity contribution is 0.263. The monoisotopic (exact) mass is 260 g/mol. The minimum atomic E-state index is 0.131. The Kier molecular flexibility index (Phi) is 5.00. The fraction of sp³-hybridized carbons (Fsp3) is 0.647. The quantitative estimate of drug-likeness (QED) is 0.879. The van der Waals surface area contributed by atoms with Gasteiger partial charge in [0.05, 0.1) is 0 Å². The van der Waals surface area contributed by atoms with E-state index in [-0.39, 0.29) is 6.04 Å². The Labute approximate surface area is 118 Å². The first kappa shape index (κ1) is 14.5. The van der Waals surface area contributed by atoms with Crippen LogP contribution < -0.4 is 5.73 Å². The van der Waals surface area contributed by atoms with E-state index in [0.29, 0.717) is 0 Å².